The first kappa shape index (κ1) is 13.4. The molecule has 0 unspecified atom stereocenters. The van der Waals surface area contributed by atoms with Crippen molar-refractivity contribution in [2.75, 3.05) is 13.7 Å². The average molecular weight is 267 g/mol. The molecule has 0 radical (unpaired) electrons. The lowest BCUT2D eigenvalue weighted by atomic mass is 10.2. The number of unbranched alkanes of at least 4 members (excludes halogenated alkanes) is 1. The summed E-state index contributed by atoms with van der Waals surface area (Å²) in [6.45, 7) is 3.86. The summed E-state index contributed by atoms with van der Waals surface area (Å²) in [4.78, 5) is 4.57. The van der Waals surface area contributed by atoms with Gasteiger partial charge in [-0.1, -0.05) is 6.07 Å². The summed E-state index contributed by atoms with van der Waals surface area (Å²) in [5.41, 5.74) is 3.47. The average Bonchev–Trinajstić information content (AvgIpc) is 2.72. The fourth-order valence-corrected chi connectivity index (χ4v) is 2.35. The highest BCUT2D eigenvalue weighted by Crippen LogP contribution is 2.19. The minimum absolute atomic E-state index is 0.456. The summed E-state index contributed by atoms with van der Waals surface area (Å²) in [6.07, 6.45) is 2.14. The largest absolute Gasteiger partial charge is 0.385 e. The molecule has 98 valence electrons. The van der Waals surface area contributed by atoms with E-state index < -0.39 is 0 Å². The van der Waals surface area contributed by atoms with E-state index >= 15 is 0 Å². The summed E-state index contributed by atoms with van der Waals surface area (Å²) in [7, 11) is 1.74. The van der Waals surface area contributed by atoms with E-state index in [0.29, 0.717) is 5.88 Å². The number of nitrogens with zero attached hydrogens (tertiary/aromatic N) is 2. The van der Waals surface area contributed by atoms with Gasteiger partial charge in [-0.25, -0.2) is 4.98 Å². The Morgan fingerprint density at radius 3 is 2.89 bits per heavy atom. The van der Waals surface area contributed by atoms with Gasteiger partial charge in [-0.05, 0) is 37.5 Å². The van der Waals surface area contributed by atoms with Gasteiger partial charge >= 0.3 is 0 Å². The maximum absolute atomic E-state index is 5.98. The number of benzene rings is 1. The molecule has 0 aliphatic carbocycles. The van der Waals surface area contributed by atoms with E-state index in [0.717, 1.165) is 37.3 Å². The number of aromatic nitrogens is 2. The zero-order valence-electron chi connectivity index (χ0n) is 10.9. The maximum Gasteiger partial charge on any atom is 0.124 e. The van der Waals surface area contributed by atoms with Crippen molar-refractivity contribution in [1.29, 1.82) is 0 Å². The molecule has 0 saturated heterocycles. The number of imidazole rings is 1. The molecule has 2 aromatic rings. The van der Waals surface area contributed by atoms with Gasteiger partial charge in [0.2, 0.25) is 0 Å². The Morgan fingerprint density at radius 1 is 1.33 bits per heavy atom. The minimum Gasteiger partial charge on any atom is -0.385 e. The number of hydrogen-bond donors (Lipinski definition) is 0. The highest BCUT2D eigenvalue weighted by molar-refractivity contribution is 6.16. The van der Waals surface area contributed by atoms with Gasteiger partial charge in [0.05, 0.1) is 16.9 Å². The Bertz CT molecular complexity index is 522. The fourth-order valence-electron chi connectivity index (χ4n) is 2.15. The Hall–Kier alpha value is -1.06. The van der Waals surface area contributed by atoms with E-state index in [9.17, 15) is 0 Å². The monoisotopic (exact) mass is 266 g/mol. The molecule has 18 heavy (non-hydrogen) atoms. The lowest BCUT2D eigenvalue weighted by molar-refractivity contribution is 0.191. The molecule has 3 nitrogen and oxygen atoms in total. The third kappa shape index (κ3) is 2.85. The second kappa shape index (κ2) is 6.21. The molecular formula is C14H19ClN2O. The van der Waals surface area contributed by atoms with Crippen LogP contribution in [-0.4, -0.2) is 23.3 Å². The molecule has 1 heterocycles. The Labute approximate surface area is 113 Å². The van der Waals surface area contributed by atoms with Crippen molar-refractivity contribution in [3.05, 3.63) is 29.6 Å². The van der Waals surface area contributed by atoms with E-state index in [4.69, 9.17) is 16.3 Å². The highest BCUT2D eigenvalue weighted by atomic mass is 35.5. The van der Waals surface area contributed by atoms with Gasteiger partial charge in [0.1, 0.15) is 5.82 Å². The molecule has 0 saturated carbocycles. The standard InChI is InChI=1S/C14H19ClN2O/c1-11-5-6-12-13(9-11)17(14(10-15)16-12)7-3-4-8-18-2/h5-6,9H,3-4,7-8,10H2,1-2H3. The number of ether oxygens (including phenoxy) is 1. The summed E-state index contributed by atoms with van der Waals surface area (Å²) in [5.74, 6) is 1.41. The Morgan fingerprint density at radius 2 is 2.17 bits per heavy atom. The van der Waals surface area contributed by atoms with Crippen molar-refractivity contribution in [3.8, 4) is 0 Å². The van der Waals surface area contributed by atoms with E-state index in [1.807, 2.05) is 0 Å². The van der Waals surface area contributed by atoms with Crippen LogP contribution in [0.25, 0.3) is 11.0 Å². The fraction of sp³-hybridized carbons (Fsp3) is 0.500. The van der Waals surface area contributed by atoms with Crippen LogP contribution in [-0.2, 0) is 17.2 Å². The molecule has 0 atom stereocenters. The van der Waals surface area contributed by atoms with Gasteiger partial charge < -0.3 is 9.30 Å². The van der Waals surface area contributed by atoms with Crippen LogP contribution in [0, 0.1) is 6.92 Å². The first-order valence-electron chi connectivity index (χ1n) is 6.27. The third-order valence-corrected chi connectivity index (χ3v) is 3.32. The SMILES string of the molecule is COCCCCn1c(CCl)nc2ccc(C)cc21. The van der Waals surface area contributed by atoms with E-state index in [2.05, 4.69) is 34.7 Å². The minimum atomic E-state index is 0.456. The quantitative estimate of drug-likeness (QED) is 0.591. The zero-order valence-corrected chi connectivity index (χ0v) is 11.7. The van der Waals surface area contributed by atoms with E-state index in [1.54, 1.807) is 7.11 Å². The van der Waals surface area contributed by atoms with Crippen molar-refractivity contribution in [2.45, 2.75) is 32.2 Å². The van der Waals surface area contributed by atoms with Crippen LogP contribution in [0.5, 0.6) is 0 Å². The Kier molecular flexibility index (Phi) is 4.61. The molecule has 0 fully saturated rings. The second-order valence-electron chi connectivity index (χ2n) is 4.51. The van der Waals surface area contributed by atoms with Gasteiger partial charge in [0.25, 0.3) is 0 Å². The number of aryl methyl sites for hydroxylation is 2. The molecule has 4 heteroatoms. The van der Waals surface area contributed by atoms with Crippen LogP contribution in [0.4, 0.5) is 0 Å². The first-order chi connectivity index (χ1) is 8.76. The maximum atomic E-state index is 5.98. The van der Waals surface area contributed by atoms with Crippen LogP contribution >= 0.6 is 11.6 Å². The number of fused-ring (bicyclic) bond motifs is 1. The number of halogens is 1. The molecule has 2 rings (SSSR count). The second-order valence-corrected chi connectivity index (χ2v) is 4.77. The number of methoxy groups -OCH3 is 1. The van der Waals surface area contributed by atoms with Crippen LogP contribution in [0.2, 0.25) is 0 Å². The third-order valence-electron chi connectivity index (χ3n) is 3.08. The Balaban J connectivity index is 2.25. The lowest BCUT2D eigenvalue weighted by Crippen LogP contribution is -2.03. The summed E-state index contributed by atoms with van der Waals surface area (Å²) in [5, 5.41) is 0. The lowest BCUT2D eigenvalue weighted by Gasteiger charge is -2.07. The summed E-state index contributed by atoms with van der Waals surface area (Å²) >= 11 is 5.98. The van der Waals surface area contributed by atoms with Crippen molar-refractivity contribution in [3.63, 3.8) is 0 Å². The van der Waals surface area contributed by atoms with Crippen molar-refractivity contribution >= 4 is 22.6 Å². The summed E-state index contributed by atoms with van der Waals surface area (Å²) in [6, 6.07) is 6.32. The smallest absolute Gasteiger partial charge is 0.124 e. The van der Waals surface area contributed by atoms with Gasteiger partial charge in [-0.15, -0.1) is 11.6 Å². The van der Waals surface area contributed by atoms with Crippen LogP contribution < -0.4 is 0 Å². The zero-order chi connectivity index (χ0) is 13.0. The van der Waals surface area contributed by atoms with Crippen LogP contribution in [0.3, 0.4) is 0 Å². The van der Waals surface area contributed by atoms with Crippen LogP contribution in [0.15, 0.2) is 18.2 Å². The van der Waals surface area contributed by atoms with Gasteiger partial charge in [-0.2, -0.15) is 0 Å². The van der Waals surface area contributed by atoms with Gasteiger partial charge in [0.15, 0.2) is 0 Å². The van der Waals surface area contributed by atoms with E-state index in [-0.39, 0.29) is 0 Å². The molecular weight excluding hydrogens is 248 g/mol. The molecule has 0 N–H and O–H groups in total. The molecule has 1 aromatic carbocycles. The van der Waals surface area contributed by atoms with Crippen LogP contribution in [0.1, 0.15) is 24.2 Å². The molecule has 0 spiro atoms. The normalized spacial score (nSPS) is 11.3. The van der Waals surface area contributed by atoms with Gasteiger partial charge in [0, 0.05) is 20.3 Å². The molecule has 0 bridgehead atoms. The number of alkyl halides is 1. The number of hydrogen-bond acceptors (Lipinski definition) is 2. The topological polar surface area (TPSA) is 27.1 Å². The van der Waals surface area contributed by atoms with Crippen molar-refractivity contribution in [1.82, 2.24) is 9.55 Å². The first-order valence-corrected chi connectivity index (χ1v) is 6.80. The predicted molar refractivity (Wildman–Crippen MR) is 75.1 cm³/mol. The van der Waals surface area contributed by atoms with Crippen molar-refractivity contribution < 1.29 is 4.74 Å². The predicted octanol–water partition coefficient (Wildman–Crippen LogP) is 3.51. The van der Waals surface area contributed by atoms with Crippen molar-refractivity contribution in [2.24, 2.45) is 0 Å². The molecule has 0 aliphatic rings. The van der Waals surface area contributed by atoms with E-state index in [1.165, 1.54) is 11.1 Å². The molecule has 1 aromatic heterocycles. The van der Waals surface area contributed by atoms with Gasteiger partial charge in [-0.3, -0.25) is 0 Å². The molecule has 0 aliphatic heterocycles. The molecule has 0 amide bonds. The highest BCUT2D eigenvalue weighted by Gasteiger charge is 2.09. The number of rotatable bonds is 6. The summed E-state index contributed by atoms with van der Waals surface area (Å²) < 4.78 is 7.30.